The van der Waals surface area contributed by atoms with Crippen LogP contribution in [0.2, 0.25) is 5.02 Å². The molecule has 1 amide bonds. The zero-order valence-corrected chi connectivity index (χ0v) is 20.2. The summed E-state index contributed by atoms with van der Waals surface area (Å²) in [6.45, 7) is 5.97. The fourth-order valence-corrected chi connectivity index (χ4v) is 3.63. The van der Waals surface area contributed by atoms with Crippen LogP contribution in [0.4, 0.5) is 20.8 Å². The van der Waals surface area contributed by atoms with Crippen LogP contribution in [0.25, 0.3) is 11.3 Å². The number of benzene rings is 1. The second kappa shape index (κ2) is 9.58. The van der Waals surface area contributed by atoms with Crippen LogP contribution in [0, 0.1) is 5.41 Å². The van der Waals surface area contributed by atoms with Gasteiger partial charge in [-0.05, 0) is 51.3 Å². The zero-order valence-electron chi connectivity index (χ0n) is 19.4. The van der Waals surface area contributed by atoms with Crippen molar-refractivity contribution in [1.29, 1.82) is 0 Å². The SMILES string of the molecule is CC(C)(C)OC(=O)NCc1cccc(Nc2ncc(Cl)c(-c3cnn(CC4(CF)CC4)c3)n2)c1. The van der Waals surface area contributed by atoms with E-state index in [1.807, 2.05) is 51.2 Å². The molecule has 2 heterocycles. The van der Waals surface area contributed by atoms with Gasteiger partial charge in [0.2, 0.25) is 5.95 Å². The summed E-state index contributed by atoms with van der Waals surface area (Å²) in [5.74, 6) is 0.367. The second-order valence-corrected chi connectivity index (χ2v) is 10.0. The van der Waals surface area contributed by atoms with E-state index in [-0.39, 0.29) is 12.1 Å². The molecule has 2 N–H and O–H groups in total. The lowest BCUT2D eigenvalue weighted by atomic mass is 10.1. The van der Waals surface area contributed by atoms with Gasteiger partial charge >= 0.3 is 6.09 Å². The number of hydrogen-bond donors (Lipinski definition) is 2. The van der Waals surface area contributed by atoms with Gasteiger partial charge in [0, 0.05) is 36.0 Å². The monoisotopic (exact) mass is 486 g/mol. The quantitative estimate of drug-likeness (QED) is 0.436. The van der Waals surface area contributed by atoms with Crippen LogP contribution in [0.15, 0.2) is 42.9 Å². The fraction of sp³-hybridized carbons (Fsp3) is 0.417. The molecule has 1 aromatic carbocycles. The van der Waals surface area contributed by atoms with Crippen molar-refractivity contribution in [2.45, 2.75) is 52.3 Å². The molecule has 1 aliphatic carbocycles. The first-order chi connectivity index (χ1) is 16.1. The number of hydrogen-bond acceptors (Lipinski definition) is 6. The molecule has 1 fully saturated rings. The summed E-state index contributed by atoms with van der Waals surface area (Å²) in [4.78, 5) is 20.7. The number of anilines is 2. The second-order valence-electron chi connectivity index (χ2n) is 9.63. The smallest absolute Gasteiger partial charge is 0.407 e. The lowest BCUT2D eigenvalue weighted by Gasteiger charge is -2.19. The third-order valence-electron chi connectivity index (χ3n) is 5.41. The molecule has 0 radical (unpaired) electrons. The predicted octanol–water partition coefficient (Wildman–Crippen LogP) is 5.51. The summed E-state index contributed by atoms with van der Waals surface area (Å²) >= 11 is 6.36. The highest BCUT2D eigenvalue weighted by Gasteiger charge is 2.43. The minimum absolute atomic E-state index is 0.269. The van der Waals surface area contributed by atoms with E-state index in [9.17, 15) is 9.18 Å². The number of ether oxygens (including phenoxy) is 1. The van der Waals surface area contributed by atoms with Gasteiger partial charge in [-0.1, -0.05) is 23.7 Å². The fourth-order valence-electron chi connectivity index (χ4n) is 3.43. The average molecular weight is 487 g/mol. The van der Waals surface area contributed by atoms with Gasteiger partial charge in [-0.2, -0.15) is 5.10 Å². The lowest BCUT2D eigenvalue weighted by molar-refractivity contribution is 0.0523. The topological polar surface area (TPSA) is 94.0 Å². The van der Waals surface area contributed by atoms with Crippen LogP contribution in [0.3, 0.4) is 0 Å². The van der Waals surface area contributed by atoms with Gasteiger partial charge in [-0.3, -0.25) is 9.07 Å². The van der Waals surface area contributed by atoms with Crippen LogP contribution in [-0.2, 0) is 17.8 Å². The largest absolute Gasteiger partial charge is 0.444 e. The number of carbonyl (C=O) groups excluding carboxylic acids is 1. The Kier molecular flexibility index (Phi) is 6.74. The molecule has 1 saturated carbocycles. The molecule has 2 aromatic heterocycles. The maximum Gasteiger partial charge on any atom is 0.407 e. The zero-order chi connectivity index (χ0) is 24.3. The van der Waals surface area contributed by atoms with E-state index >= 15 is 0 Å². The lowest BCUT2D eigenvalue weighted by Crippen LogP contribution is -2.32. The van der Waals surface area contributed by atoms with Crippen molar-refractivity contribution >= 4 is 29.3 Å². The highest BCUT2D eigenvalue weighted by atomic mass is 35.5. The van der Waals surface area contributed by atoms with E-state index in [1.54, 1.807) is 10.9 Å². The molecule has 180 valence electrons. The Hall–Kier alpha value is -3.20. The molecule has 4 rings (SSSR count). The third-order valence-corrected chi connectivity index (χ3v) is 5.68. The Morgan fingerprint density at radius 3 is 2.79 bits per heavy atom. The van der Waals surface area contributed by atoms with Crippen molar-refractivity contribution in [3.05, 3.63) is 53.4 Å². The van der Waals surface area contributed by atoms with Gasteiger partial charge in [0.1, 0.15) is 5.60 Å². The maximum atomic E-state index is 13.2. The number of amides is 1. The molecule has 34 heavy (non-hydrogen) atoms. The summed E-state index contributed by atoms with van der Waals surface area (Å²) in [6.07, 6.45) is 6.32. The van der Waals surface area contributed by atoms with Crippen LogP contribution in [0.1, 0.15) is 39.2 Å². The molecule has 1 aliphatic rings. The van der Waals surface area contributed by atoms with E-state index in [0.29, 0.717) is 29.8 Å². The van der Waals surface area contributed by atoms with Crippen molar-refractivity contribution in [2.24, 2.45) is 5.41 Å². The molecule has 0 spiro atoms. The van der Waals surface area contributed by atoms with Gasteiger partial charge in [0.05, 0.1) is 29.8 Å². The van der Waals surface area contributed by atoms with Crippen molar-refractivity contribution in [3.8, 4) is 11.3 Å². The normalized spacial score (nSPS) is 14.5. The number of alkyl halides is 1. The molecule has 8 nitrogen and oxygen atoms in total. The Morgan fingerprint density at radius 2 is 2.09 bits per heavy atom. The highest BCUT2D eigenvalue weighted by molar-refractivity contribution is 6.32. The van der Waals surface area contributed by atoms with Gasteiger partial charge in [-0.15, -0.1) is 0 Å². The number of nitrogens with zero attached hydrogens (tertiary/aromatic N) is 4. The molecular weight excluding hydrogens is 459 g/mol. The van der Waals surface area contributed by atoms with Gasteiger partial charge in [-0.25, -0.2) is 14.8 Å². The van der Waals surface area contributed by atoms with Crippen LogP contribution >= 0.6 is 11.6 Å². The molecular formula is C24H28ClFN6O2. The molecule has 0 bridgehead atoms. The first-order valence-electron chi connectivity index (χ1n) is 11.1. The van der Waals surface area contributed by atoms with Crippen molar-refractivity contribution < 1.29 is 13.9 Å². The third kappa shape index (κ3) is 6.22. The van der Waals surface area contributed by atoms with Crippen molar-refractivity contribution in [2.75, 3.05) is 12.0 Å². The maximum absolute atomic E-state index is 13.2. The number of rotatable bonds is 8. The summed E-state index contributed by atoms with van der Waals surface area (Å²) in [6, 6.07) is 7.53. The molecule has 0 atom stereocenters. The van der Waals surface area contributed by atoms with E-state index in [1.165, 1.54) is 6.20 Å². The predicted molar refractivity (Wildman–Crippen MR) is 129 cm³/mol. The average Bonchev–Trinajstić information content (AvgIpc) is 3.40. The van der Waals surface area contributed by atoms with E-state index in [2.05, 4.69) is 25.7 Å². The van der Waals surface area contributed by atoms with Crippen LogP contribution < -0.4 is 10.6 Å². The van der Waals surface area contributed by atoms with E-state index in [0.717, 1.165) is 29.7 Å². The minimum atomic E-state index is -0.555. The molecule has 0 aliphatic heterocycles. The Balaban J connectivity index is 1.43. The number of halogens is 2. The summed E-state index contributed by atoms with van der Waals surface area (Å²) in [5.41, 5.74) is 2.09. The standard InChI is InChI=1S/C24H28ClFN6O2/c1-23(2,3)34-22(33)28-10-16-5-4-6-18(9-16)30-21-27-12-19(25)20(31-21)17-11-29-32(13-17)15-24(14-26)7-8-24/h4-6,9,11-13H,7-8,10,14-15H2,1-3H3,(H,28,33)(H,27,30,31). The number of aromatic nitrogens is 4. The summed E-state index contributed by atoms with van der Waals surface area (Å²) < 4.78 is 20.2. The van der Waals surface area contributed by atoms with Gasteiger partial charge in [0.25, 0.3) is 0 Å². The molecule has 0 saturated heterocycles. The summed E-state index contributed by atoms with van der Waals surface area (Å²) in [5, 5.41) is 10.7. The Labute approximate surface area is 202 Å². The number of carbonyl (C=O) groups is 1. The van der Waals surface area contributed by atoms with E-state index < -0.39 is 11.7 Å². The molecule has 0 unspecified atom stereocenters. The number of nitrogens with one attached hydrogen (secondary N) is 2. The van der Waals surface area contributed by atoms with E-state index in [4.69, 9.17) is 16.3 Å². The van der Waals surface area contributed by atoms with Crippen LogP contribution in [0.5, 0.6) is 0 Å². The van der Waals surface area contributed by atoms with Crippen molar-refractivity contribution in [1.82, 2.24) is 25.1 Å². The molecule has 10 heteroatoms. The first-order valence-corrected chi connectivity index (χ1v) is 11.5. The van der Waals surface area contributed by atoms with Gasteiger partial charge < -0.3 is 15.4 Å². The van der Waals surface area contributed by atoms with Gasteiger partial charge in [0.15, 0.2) is 0 Å². The Bertz CT molecular complexity index is 1170. The molecule has 3 aromatic rings. The highest BCUT2D eigenvalue weighted by Crippen LogP contribution is 2.47. The Morgan fingerprint density at radius 1 is 1.29 bits per heavy atom. The summed E-state index contributed by atoms with van der Waals surface area (Å²) in [7, 11) is 0. The first kappa shape index (κ1) is 23.9. The van der Waals surface area contributed by atoms with Crippen LogP contribution in [-0.4, -0.2) is 38.1 Å². The van der Waals surface area contributed by atoms with Crippen molar-refractivity contribution in [3.63, 3.8) is 0 Å². The minimum Gasteiger partial charge on any atom is -0.444 e. The number of alkyl carbamates (subject to hydrolysis) is 1.